The molecule has 0 saturated carbocycles. The van der Waals surface area contributed by atoms with E-state index in [-0.39, 0.29) is 0 Å². The van der Waals surface area contributed by atoms with Gasteiger partial charge in [0.15, 0.2) is 0 Å². The van der Waals surface area contributed by atoms with E-state index in [1.54, 1.807) is 0 Å². The van der Waals surface area contributed by atoms with Crippen molar-refractivity contribution in [1.82, 2.24) is 20.0 Å². The molecule has 2 aliphatic carbocycles. The normalized spacial score (nSPS) is 13.6. The van der Waals surface area contributed by atoms with Gasteiger partial charge in [-0.25, -0.2) is 0 Å². The molecule has 84 heavy (non-hydrogen) atoms. The standard InChI is InChI=1S/C20H23N.C19H23ClN2.C19H24N2.C19H21N/c1-21(2)15-7-12-20-18-10-5-3-8-16(18)13-14-17-9-4-6-11-19(17)20;1-21(2)12-5-13-22-18-7-4-3-6-15(18)8-9-16-10-11-17(20)14-19(16)22;1-20(2)14-7-15-21-18-10-5-3-8-16(18)12-13-17-9-4-6-11-19(17)21;1-20-14-6-11-19-17-9-4-2-7-15(17)12-13-16-8-3-5-10-18(16)19/h3-6,8-12H,7,13-15H2,1-2H3;3-4,6-7,10-11,14H,5,8-9,12-13H2,1-2H3;3-6,8-11H,7,12-15H2,1-2H3;2-5,7-11,20H,6,12-14H2,1H3. The number of rotatable bonds is 14. The zero-order chi connectivity index (χ0) is 58.6. The van der Waals surface area contributed by atoms with E-state index in [2.05, 4.69) is 266 Å². The van der Waals surface area contributed by atoms with E-state index in [1.165, 1.54) is 107 Å². The Morgan fingerprint density at radius 3 is 1.05 bits per heavy atom. The minimum absolute atomic E-state index is 0.816. The van der Waals surface area contributed by atoms with Gasteiger partial charge in [0.25, 0.3) is 0 Å². The molecule has 0 radical (unpaired) electrons. The largest absolute Gasteiger partial charge is 0.341 e. The van der Waals surface area contributed by atoms with Crippen LogP contribution in [-0.4, -0.2) is 103 Å². The Labute approximate surface area is 510 Å². The molecule has 7 heteroatoms. The highest BCUT2D eigenvalue weighted by atomic mass is 35.5. The van der Waals surface area contributed by atoms with Gasteiger partial charge < -0.3 is 29.8 Å². The summed E-state index contributed by atoms with van der Waals surface area (Å²) in [4.78, 5) is 11.7. The monoisotopic (exact) mass is 1130 g/mol. The second kappa shape index (κ2) is 31.2. The number of halogens is 1. The molecule has 2 aliphatic heterocycles. The first-order valence-corrected chi connectivity index (χ1v) is 31.3. The van der Waals surface area contributed by atoms with Crippen LogP contribution < -0.4 is 15.1 Å². The summed E-state index contributed by atoms with van der Waals surface area (Å²) in [5.74, 6) is 0. The van der Waals surface area contributed by atoms with Crippen molar-refractivity contribution in [3.63, 3.8) is 0 Å². The molecule has 8 aromatic carbocycles. The van der Waals surface area contributed by atoms with E-state index in [0.29, 0.717) is 0 Å². The fourth-order valence-corrected chi connectivity index (χ4v) is 12.6. The summed E-state index contributed by atoms with van der Waals surface area (Å²) in [6.07, 6.45) is 18.3. The number of nitrogens with zero attached hydrogens (tertiary/aromatic N) is 5. The second-order valence-electron chi connectivity index (χ2n) is 23.6. The lowest BCUT2D eigenvalue weighted by atomic mass is 9.93. The number of fused-ring (bicyclic) bond motifs is 8. The smallest absolute Gasteiger partial charge is 0.0458 e. The maximum Gasteiger partial charge on any atom is 0.0458 e. The molecule has 0 amide bonds. The number of para-hydroxylation sites is 3. The van der Waals surface area contributed by atoms with Gasteiger partial charge in [-0.3, -0.25) is 0 Å². The van der Waals surface area contributed by atoms with Crippen LogP contribution in [0.15, 0.2) is 200 Å². The van der Waals surface area contributed by atoms with Gasteiger partial charge in [-0.2, -0.15) is 0 Å². The van der Waals surface area contributed by atoms with Crippen molar-refractivity contribution in [2.75, 3.05) is 98.4 Å². The van der Waals surface area contributed by atoms with Gasteiger partial charge in [0.1, 0.15) is 0 Å². The van der Waals surface area contributed by atoms with Crippen molar-refractivity contribution in [3.05, 3.63) is 272 Å². The van der Waals surface area contributed by atoms with Crippen molar-refractivity contribution in [2.45, 2.75) is 77.0 Å². The molecule has 0 bridgehead atoms. The van der Waals surface area contributed by atoms with E-state index >= 15 is 0 Å². The zero-order valence-corrected chi connectivity index (χ0v) is 52.2. The molecule has 6 nitrogen and oxygen atoms in total. The van der Waals surface area contributed by atoms with Crippen LogP contribution in [-0.2, 0) is 51.4 Å². The number of nitrogens with one attached hydrogen (secondary N) is 1. The molecule has 0 spiro atoms. The Hall–Kier alpha value is -7.03. The number of hydrogen-bond acceptors (Lipinski definition) is 6. The molecule has 0 saturated heterocycles. The molecule has 436 valence electrons. The van der Waals surface area contributed by atoms with Crippen LogP contribution in [0.25, 0.3) is 11.1 Å². The quantitative estimate of drug-likeness (QED) is 0.109. The Morgan fingerprint density at radius 2 is 0.679 bits per heavy atom. The zero-order valence-electron chi connectivity index (χ0n) is 51.4. The van der Waals surface area contributed by atoms with Crippen LogP contribution in [0.4, 0.5) is 22.7 Å². The van der Waals surface area contributed by atoms with Gasteiger partial charge in [-0.1, -0.05) is 181 Å². The summed E-state index contributed by atoms with van der Waals surface area (Å²) in [5.41, 5.74) is 25.5. The molecular formula is C77H91ClN6. The summed E-state index contributed by atoms with van der Waals surface area (Å²) in [5, 5.41) is 4.04. The van der Waals surface area contributed by atoms with Gasteiger partial charge >= 0.3 is 0 Å². The molecular weight excluding hydrogens is 1040 g/mol. The topological polar surface area (TPSA) is 28.2 Å². The fourth-order valence-electron chi connectivity index (χ4n) is 12.4. The van der Waals surface area contributed by atoms with E-state index < -0.39 is 0 Å². The van der Waals surface area contributed by atoms with E-state index in [9.17, 15) is 0 Å². The summed E-state index contributed by atoms with van der Waals surface area (Å²) in [6.45, 7) is 6.42. The van der Waals surface area contributed by atoms with Crippen molar-refractivity contribution < 1.29 is 0 Å². The summed E-state index contributed by atoms with van der Waals surface area (Å²) in [7, 11) is 14.8. The van der Waals surface area contributed by atoms with Gasteiger partial charge in [0.05, 0.1) is 0 Å². The van der Waals surface area contributed by atoms with E-state index in [1.807, 2.05) is 13.1 Å². The molecule has 2 heterocycles. The van der Waals surface area contributed by atoms with Gasteiger partial charge in [-0.05, 0) is 254 Å². The molecule has 12 rings (SSSR count). The number of benzene rings is 8. The van der Waals surface area contributed by atoms with Crippen LogP contribution in [0, 0.1) is 0 Å². The lowest BCUT2D eigenvalue weighted by molar-refractivity contribution is 0.402. The van der Waals surface area contributed by atoms with Crippen LogP contribution in [0.5, 0.6) is 0 Å². The lowest BCUT2D eigenvalue weighted by Crippen LogP contribution is -2.24. The second-order valence-corrected chi connectivity index (χ2v) is 24.1. The number of aryl methyl sites for hydroxylation is 8. The van der Waals surface area contributed by atoms with Crippen molar-refractivity contribution in [2.24, 2.45) is 0 Å². The van der Waals surface area contributed by atoms with Crippen molar-refractivity contribution in [1.29, 1.82) is 0 Å². The molecule has 8 aromatic rings. The highest BCUT2D eigenvalue weighted by molar-refractivity contribution is 6.31. The first-order valence-electron chi connectivity index (χ1n) is 31.0. The van der Waals surface area contributed by atoms with Crippen LogP contribution in [0.2, 0.25) is 5.02 Å². The van der Waals surface area contributed by atoms with Crippen molar-refractivity contribution in [3.8, 4) is 0 Å². The Balaban J connectivity index is 0.000000134. The predicted molar refractivity (Wildman–Crippen MR) is 362 cm³/mol. The maximum atomic E-state index is 6.27. The third kappa shape index (κ3) is 16.4. The van der Waals surface area contributed by atoms with E-state index in [0.717, 1.165) is 115 Å². The number of anilines is 4. The fraction of sp³-hybridized carbons (Fsp3) is 0.325. The first-order chi connectivity index (χ1) is 41.1. The minimum atomic E-state index is 0.816. The molecule has 0 fully saturated rings. The molecule has 0 aromatic heterocycles. The molecule has 4 aliphatic rings. The summed E-state index contributed by atoms with van der Waals surface area (Å²) in [6, 6.07) is 68.2. The predicted octanol–water partition coefficient (Wildman–Crippen LogP) is 16.4. The van der Waals surface area contributed by atoms with Crippen LogP contribution in [0.3, 0.4) is 0 Å². The average Bonchev–Trinajstić information content (AvgIpc) is 3.92. The third-order valence-corrected chi connectivity index (χ3v) is 16.9. The maximum absolute atomic E-state index is 6.27. The first kappa shape index (κ1) is 61.5. The number of hydrogen-bond donors (Lipinski definition) is 1. The minimum Gasteiger partial charge on any atom is -0.341 e. The Kier molecular flexibility index (Phi) is 22.9. The Bertz CT molecular complexity index is 3300. The third-order valence-electron chi connectivity index (χ3n) is 16.7. The van der Waals surface area contributed by atoms with E-state index in [4.69, 9.17) is 11.6 Å². The molecule has 0 atom stereocenters. The molecule has 1 N–H and O–H groups in total. The SMILES string of the molecule is CN(C)CCC=C1c2ccccc2CCc2ccccc21.CN(C)CCCN1c2ccccc2CCc2ccc(Cl)cc21.CN(C)CCCN1c2ccccc2CCc2ccccc21.CNCCC=C1c2ccccc2CCc2ccccc21. The Morgan fingerprint density at radius 1 is 0.369 bits per heavy atom. The molecule has 0 unspecified atom stereocenters. The average molecular weight is 1140 g/mol. The van der Waals surface area contributed by atoms with Crippen LogP contribution in [0.1, 0.15) is 92.4 Å². The lowest BCUT2D eigenvalue weighted by Gasteiger charge is -2.27. The van der Waals surface area contributed by atoms with Gasteiger partial charge in [0, 0.05) is 47.4 Å². The van der Waals surface area contributed by atoms with Gasteiger partial charge in [-0.15, -0.1) is 0 Å². The highest BCUT2D eigenvalue weighted by Crippen LogP contribution is 2.40. The van der Waals surface area contributed by atoms with Gasteiger partial charge in [0.2, 0.25) is 0 Å². The van der Waals surface area contributed by atoms with Crippen molar-refractivity contribution >= 4 is 45.5 Å². The highest BCUT2D eigenvalue weighted by Gasteiger charge is 2.23. The summed E-state index contributed by atoms with van der Waals surface area (Å²) >= 11 is 6.27. The summed E-state index contributed by atoms with van der Waals surface area (Å²) < 4.78 is 0. The van der Waals surface area contributed by atoms with Crippen LogP contribution >= 0.6 is 11.6 Å².